The summed E-state index contributed by atoms with van der Waals surface area (Å²) in [6, 6.07) is 9.14. The Morgan fingerprint density at radius 2 is 2.04 bits per heavy atom. The van der Waals surface area contributed by atoms with E-state index in [4.69, 9.17) is 23.2 Å². The van der Waals surface area contributed by atoms with Crippen LogP contribution in [0.3, 0.4) is 0 Å². The predicted molar refractivity (Wildman–Crippen MR) is 113 cm³/mol. The van der Waals surface area contributed by atoms with Gasteiger partial charge in [-0.1, -0.05) is 53.2 Å². The van der Waals surface area contributed by atoms with E-state index < -0.39 is 0 Å². The maximum atomic E-state index is 12.3. The number of allylic oxidation sites excluding steroid dienone is 1. The molecule has 3 aromatic rings. The quantitative estimate of drug-likeness (QED) is 0.389. The molecule has 3 rings (SSSR count). The Bertz CT molecular complexity index is 921. The summed E-state index contributed by atoms with van der Waals surface area (Å²) < 4.78 is 1.97. The minimum Gasteiger partial charge on any atom is -0.323 e. The molecule has 0 spiro atoms. The second-order valence-corrected chi connectivity index (χ2v) is 8.28. The number of carbonyl (C=O) groups excluding carboxylic acids is 1. The Morgan fingerprint density at radius 1 is 1.26 bits per heavy atom. The van der Waals surface area contributed by atoms with E-state index in [-0.39, 0.29) is 11.7 Å². The lowest BCUT2D eigenvalue weighted by atomic mass is 10.3. The number of amides is 1. The first-order chi connectivity index (χ1) is 13.1. The van der Waals surface area contributed by atoms with Crippen molar-refractivity contribution >= 4 is 57.9 Å². The molecule has 9 heteroatoms. The number of carbonyl (C=O) groups is 1. The van der Waals surface area contributed by atoms with Gasteiger partial charge in [-0.2, -0.15) is 0 Å². The summed E-state index contributed by atoms with van der Waals surface area (Å²) in [5, 5.41) is 14.7. The zero-order valence-corrected chi connectivity index (χ0v) is 17.3. The van der Waals surface area contributed by atoms with E-state index in [2.05, 4.69) is 28.2 Å². The lowest BCUT2D eigenvalue weighted by molar-refractivity contribution is -0.113. The maximum absolute atomic E-state index is 12.3. The second-order valence-electron chi connectivity index (χ2n) is 5.49. The number of hydrogen-bond donors (Lipinski definition) is 1. The van der Waals surface area contributed by atoms with Crippen LogP contribution in [0.4, 0.5) is 5.69 Å². The van der Waals surface area contributed by atoms with Crippen molar-refractivity contribution in [1.29, 1.82) is 0 Å². The summed E-state index contributed by atoms with van der Waals surface area (Å²) in [6.07, 6.45) is 2.48. The predicted octanol–water partition coefficient (Wildman–Crippen LogP) is 5.15. The van der Waals surface area contributed by atoms with Crippen LogP contribution < -0.4 is 5.32 Å². The Hall–Kier alpha value is -1.80. The van der Waals surface area contributed by atoms with Gasteiger partial charge in [-0.3, -0.25) is 4.79 Å². The van der Waals surface area contributed by atoms with Crippen molar-refractivity contribution in [2.45, 2.75) is 18.1 Å². The number of hydrogen-bond acceptors (Lipinski definition) is 5. The molecule has 1 amide bonds. The smallest absolute Gasteiger partial charge is 0.234 e. The van der Waals surface area contributed by atoms with Crippen LogP contribution in [0.25, 0.3) is 0 Å². The lowest BCUT2D eigenvalue weighted by Gasteiger charge is -2.09. The van der Waals surface area contributed by atoms with Gasteiger partial charge < -0.3 is 9.88 Å². The van der Waals surface area contributed by atoms with E-state index in [1.54, 1.807) is 35.6 Å². The molecule has 0 bridgehead atoms. The third kappa shape index (κ3) is 5.13. The largest absolute Gasteiger partial charge is 0.323 e. The number of rotatable bonds is 8. The molecule has 0 radical (unpaired) electrons. The number of nitrogens with zero attached hydrogens (tertiary/aromatic N) is 3. The third-order valence-corrected chi connectivity index (χ3v) is 6.05. The zero-order valence-electron chi connectivity index (χ0n) is 14.2. The van der Waals surface area contributed by atoms with Crippen molar-refractivity contribution in [3.8, 4) is 0 Å². The molecule has 0 saturated carbocycles. The molecule has 1 aromatic carbocycles. The Morgan fingerprint density at radius 3 is 2.70 bits per heavy atom. The summed E-state index contributed by atoms with van der Waals surface area (Å²) in [4.78, 5) is 13.5. The fourth-order valence-corrected chi connectivity index (χ4v) is 4.32. The van der Waals surface area contributed by atoms with Gasteiger partial charge in [-0.05, 0) is 23.6 Å². The molecular formula is C18H16Cl2N4OS2. The number of anilines is 1. The van der Waals surface area contributed by atoms with Crippen molar-refractivity contribution in [2.24, 2.45) is 0 Å². The normalized spacial score (nSPS) is 10.7. The third-order valence-electron chi connectivity index (χ3n) is 3.58. The molecule has 0 fully saturated rings. The van der Waals surface area contributed by atoms with Crippen LogP contribution in [0.5, 0.6) is 0 Å². The number of nitrogens with one attached hydrogen (secondary N) is 1. The van der Waals surface area contributed by atoms with Gasteiger partial charge in [0.15, 0.2) is 5.16 Å². The first-order valence-corrected chi connectivity index (χ1v) is 10.6. The summed E-state index contributed by atoms with van der Waals surface area (Å²) in [5.74, 6) is 0.785. The highest BCUT2D eigenvalue weighted by Gasteiger charge is 2.15. The molecule has 2 aromatic heterocycles. The fourth-order valence-electron chi connectivity index (χ4n) is 2.36. The number of thioether (sulfide) groups is 1. The van der Waals surface area contributed by atoms with Crippen LogP contribution in [-0.4, -0.2) is 26.4 Å². The number of thiophene rings is 1. The van der Waals surface area contributed by atoms with Crippen molar-refractivity contribution < 1.29 is 4.79 Å². The number of aromatic nitrogens is 3. The first-order valence-electron chi connectivity index (χ1n) is 8.00. The molecule has 27 heavy (non-hydrogen) atoms. The van der Waals surface area contributed by atoms with E-state index >= 15 is 0 Å². The lowest BCUT2D eigenvalue weighted by Crippen LogP contribution is -2.15. The highest BCUT2D eigenvalue weighted by molar-refractivity contribution is 7.99. The Balaban J connectivity index is 1.67. The monoisotopic (exact) mass is 438 g/mol. The van der Waals surface area contributed by atoms with E-state index in [0.29, 0.717) is 33.9 Å². The Labute approximate surface area is 175 Å². The van der Waals surface area contributed by atoms with E-state index in [1.807, 2.05) is 16.0 Å². The molecule has 0 unspecified atom stereocenters. The molecule has 0 aliphatic carbocycles. The fraction of sp³-hybridized carbons (Fsp3) is 0.167. The van der Waals surface area contributed by atoms with Gasteiger partial charge in [0.2, 0.25) is 5.91 Å². The van der Waals surface area contributed by atoms with Crippen LogP contribution in [0.1, 0.15) is 10.7 Å². The highest BCUT2D eigenvalue weighted by atomic mass is 35.5. The first kappa shape index (κ1) is 19.9. The van der Waals surface area contributed by atoms with Gasteiger partial charge in [0, 0.05) is 17.8 Å². The highest BCUT2D eigenvalue weighted by Crippen LogP contribution is 2.30. The van der Waals surface area contributed by atoms with Crippen molar-refractivity contribution in [3.05, 3.63) is 69.1 Å². The van der Waals surface area contributed by atoms with Crippen LogP contribution in [0, 0.1) is 0 Å². The van der Waals surface area contributed by atoms with Gasteiger partial charge in [0.05, 0.1) is 21.5 Å². The van der Waals surface area contributed by atoms with Gasteiger partial charge in [0.1, 0.15) is 5.82 Å². The summed E-state index contributed by atoms with van der Waals surface area (Å²) in [7, 11) is 0. The zero-order chi connectivity index (χ0) is 19.2. The molecule has 0 aliphatic heterocycles. The maximum Gasteiger partial charge on any atom is 0.234 e. The second kappa shape index (κ2) is 9.41. The van der Waals surface area contributed by atoms with Crippen molar-refractivity contribution in [3.63, 3.8) is 0 Å². The number of benzene rings is 1. The van der Waals surface area contributed by atoms with E-state index in [0.717, 1.165) is 5.82 Å². The standard InChI is InChI=1S/C18H16Cl2N4OS2/c1-2-8-24-15(10-12-5-4-9-26-12)22-23-18(24)27-11-16(25)21-17-13(19)6-3-7-14(17)20/h2-7,9H,1,8,10-11H2,(H,21,25). The summed E-state index contributed by atoms with van der Waals surface area (Å²) >= 11 is 15.2. The number of halogens is 2. The average Bonchev–Trinajstić information content (AvgIpc) is 3.28. The van der Waals surface area contributed by atoms with Crippen molar-refractivity contribution in [2.75, 3.05) is 11.1 Å². The van der Waals surface area contributed by atoms with Crippen molar-refractivity contribution in [1.82, 2.24) is 14.8 Å². The molecule has 0 saturated heterocycles. The molecular weight excluding hydrogens is 423 g/mol. The van der Waals surface area contributed by atoms with Crippen LogP contribution in [0.2, 0.25) is 10.0 Å². The van der Waals surface area contributed by atoms with Gasteiger partial charge in [0.25, 0.3) is 0 Å². The minimum atomic E-state index is -0.219. The van der Waals surface area contributed by atoms with Crippen LogP contribution in [-0.2, 0) is 17.8 Å². The molecule has 0 atom stereocenters. The van der Waals surface area contributed by atoms with Gasteiger partial charge >= 0.3 is 0 Å². The van der Waals surface area contributed by atoms with Crippen LogP contribution >= 0.6 is 46.3 Å². The van der Waals surface area contributed by atoms with Crippen LogP contribution in [0.15, 0.2) is 53.5 Å². The molecule has 1 N–H and O–H groups in total. The molecule has 0 aliphatic rings. The Kier molecular flexibility index (Phi) is 6.95. The average molecular weight is 439 g/mol. The van der Waals surface area contributed by atoms with E-state index in [1.165, 1.54) is 16.6 Å². The molecule has 140 valence electrons. The molecule has 2 heterocycles. The SMILES string of the molecule is C=CCn1c(Cc2cccs2)nnc1SCC(=O)Nc1c(Cl)cccc1Cl. The van der Waals surface area contributed by atoms with Gasteiger partial charge in [-0.25, -0.2) is 0 Å². The van der Waals surface area contributed by atoms with E-state index in [9.17, 15) is 4.79 Å². The minimum absolute atomic E-state index is 0.163. The molecule has 5 nitrogen and oxygen atoms in total. The summed E-state index contributed by atoms with van der Waals surface area (Å²) in [5.41, 5.74) is 0.414. The summed E-state index contributed by atoms with van der Waals surface area (Å²) in [6.45, 7) is 4.37. The van der Waals surface area contributed by atoms with Gasteiger partial charge in [-0.15, -0.1) is 28.1 Å². The topological polar surface area (TPSA) is 59.8 Å². The number of para-hydroxylation sites is 1.